The van der Waals surface area contributed by atoms with Crippen LogP contribution < -0.4 is 0 Å². The third kappa shape index (κ3) is 2.11. The van der Waals surface area contributed by atoms with E-state index < -0.39 is 12.5 Å². The topological polar surface area (TPSA) is 29.5 Å². The molecular formula is C12H13F2NO2. The van der Waals surface area contributed by atoms with Crippen molar-refractivity contribution in [3.8, 4) is 0 Å². The number of halogens is 2. The van der Waals surface area contributed by atoms with E-state index in [1.807, 2.05) is 19.1 Å². The smallest absolute Gasteiger partial charge is 0.283 e. The molecule has 2 aliphatic rings. The Balaban J connectivity index is 2.35. The molecule has 1 heterocycles. The van der Waals surface area contributed by atoms with E-state index in [1.54, 1.807) is 5.94 Å². The van der Waals surface area contributed by atoms with E-state index in [0.717, 1.165) is 18.4 Å². The number of ether oxygens (including phenoxy) is 1. The van der Waals surface area contributed by atoms with Crippen LogP contribution in [0.5, 0.6) is 0 Å². The van der Waals surface area contributed by atoms with Crippen molar-refractivity contribution in [2.24, 2.45) is 0 Å². The van der Waals surface area contributed by atoms with Crippen LogP contribution in [0.3, 0.4) is 0 Å². The van der Waals surface area contributed by atoms with Crippen molar-refractivity contribution >= 4 is 5.94 Å². The zero-order valence-electron chi connectivity index (χ0n) is 9.45. The number of allylic oxidation sites excluding steroid dienone is 3. The molecule has 0 aromatic heterocycles. The van der Waals surface area contributed by atoms with Crippen LogP contribution in [0.4, 0.5) is 8.78 Å². The Morgan fingerprint density at radius 3 is 2.76 bits per heavy atom. The Bertz CT molecular complexity index is 422. The van der Waals surface area contributed by atoms with Gasteiger partial charge in [0.2, 0.25) is 0 Å². The molecule has 0 N–H and O–H groups in total. The molecule has 0 unspecified atom stereocenters. The number of hydrogen-bond acceptors (Lipinski definition) is 3. The Hall–Kier alpha value is -1.61. The third-order valence-electron chi connectivity index (χ3n) is 2.94. The van der Waals surface area contributed by atoms with Gasteiger partial charge in [0.15, 0.2) is 5.94 Å². The highest BCUT2D eigenvalue weighted by molar-refractivity contribution is 5.52. The second-order valence-corrected chi connectivity index (χ2v) is 4.04. The minimum absolute atomic E-state index is 0.142. The van der Waals surface area contributed by atoms with Gasteiger partial charge in [0.1, 0.15) is 12.6 Å². The summed E-state index contributed by atoms with van der Waals surface area (Å²) in [5.74, 6) is 1.44. The predicted molar refractivity (Wildman–Crippen MR) is 57.9 cm³/mol. The van der Waals surface area contributed by atoms with E-state index in [2.05, 4.69) is 0 Å². The molecule has 0 amide bonds. The summed E-state index contributed by atoms with van der Waals surface area (Å²) in [5, 5.41) is 0. The van der Waals surface area contributed by atoms with Crippen LogP contribution in [-0.2, 0) is 9.53 Å². The highest BCUT2D eigenvalue weighted by atomic mass is 19.3. The van der Waals surface area contributed by atoms with E-state index in [-0.39, 0.29) is 12.5 Å². The molecule has 1 aliphatic heterocycles. The van der Waals surface area contributed by atoms with Crippen molar-refractivity contribution in [2.45, 2.75) is 32.2 Å². The molecule has 3 nitrogen and oxygen atoms in total. The van der Waals surface area contributed by atoms with Gasteiger partial charge in [-0.2, -0.15) is 0 Å². The largest absolute Gasteiger partial charge is 0.468 e. The first-order valence-corrected chi connectivity index (χ1v) is 5.47. The quantitative estimate of drug-likeness (QED) is 0.694. The summed E-state index contributed by atoms with van der Waals surface area (Å²) >= 11 is 0. The van der Waals surface area contributed by atoms with E-state index in [4.69, 9.17) is 4.74 Å². The zero-order chi connectivity index (χ0) is 12.4. The highest BCUT2D eigenvalue weighted by Gasteiger charge is 2.39. The summed E-state index contributed by atoms with van der Waals surface area (Å²) in [5.41, 5.74) is 1.53. The first kappa shape index (κ1) is 11.9. The summed E-state index contributed by atoms with van der Waals surface area (Å²) in [6, 6.07) is -1.10. The van der Waals surface area contributed by atoms with E-state index >= 15 is 0 Å². The highest BCUT2D eigenvalue weighted by Crippen LogP contribution is 2.33. The lowest BCUT2D eigenvalue weighted by atomic mass is 10.0. The summed E-state index contributed by atoms with van der Waals surface area (Å²) in [7, 11) is 0. The van der Waals surface area contributed by atoms with E-state index in [1.165, 1.54) is 4.90 Å². The van der Waals surface area contributed by atoms with Crippen LogP contribution in [0.15, 0.2) is 29.3 Å². The maximum atomic E-state index is 12.9. The summed E-state index contributed by atoms with van der Waals surface area (Å²) in [4.78, 5) is 12.0. The van der Waals surface area contributed by atoms with Crippen molar-refractivity contribution < 1.29 is 18.3 Å². The van der Waals surface area contributed by atoms with Crippen LogP contribution in [-0.4, -0.2) is 29.9 Å². The molecule has 2 rings (SSSR count). The fourth-order valence-corrected chi connectivity index (χ4v) is 2.08. The second kappa shape index (κ2) is 4.72. The first-order chi connectivity index (χ1) is 8.15. The van der Waals surface area contributed by atoms with Crippen molar-refractivity contribution in [1.82, 2.24) is 4.90 Å². The Morgan fingerprint density at radius 1 is 1.47 bits per heavy atom. The molecule has 5 heteroatoms. The van der Waals surface area contributed by atoms with Crippen LogP contribution in [0, 0.1) is 0 Å². The lowest BCUT2D eigenvalue weighted by molar-refractivity contribution is 0.0705. The maximum absolute atomic E-state index is 12.9. The molecule has 1 aliphatic carbocycles. The summed E-state index contributed by atoms with van der Waals surface area (Å²) < 4.78 is 30.7. The molecule has 1 fully saturated rings. The maximum Gasteiger partial charge on any atom is 0.283 e. The number of rotatable bonds is 2. The minimum atomic E-state index is -2.56. The molecule has 0 aromatic rings. The van der Waals surface area contributed by atoms with Crippen molar-refractivity contribution in [2.75, 3.05) is 6.61 Å². The number of hydrogen-bond donors (Lipinski definition) is 0. The molecule has 1 atom stereocenters. The van der Waals surface area contributed by atoms with Gasteiger partial charge in [0, 0.05) is 5.70 Å². The van der Waals surface area contributed by atoms with Gasteiger partial charge in [0.25, 0.3) is 12.3 Å². The average Bonchev–Trinajstić information content (AvgIpc) is 2.73. The van der Waals surface area contributed by atoms with Gasteiger partial charge in [-0.05, 0) is 25.3 Å². The van der Waals surface area contributed by atoms with Crippen LogP contribution in [0.2, 0.25) is 0 Å². The van der Waals surface area contributed by atoms with Gasteiger partial charge < -0.3 is 4.74 Å². The molecule has 92 valence electrons. The lowest BCUT2D eigenvalue weighted by Crippen LogP contribution is -2.36. The van der Waals surface area contributed by atoms with E-state index in [9.17, 15) is 13.6 Å². The van der Waals surface area contributed by atoms with Gasteiger partial charge in [-0.3, -0.25) is 4.90 Å². The monoisotopic (exact) mass is 241 g/mol. The third-order valence-corrected chi connectivity index (χ3v) is 2.94. The average molecular weight is 241 g/mol. The number of carbonyl (C=O) groups excluding carboxylic acids is 1. The van der Waals surface area contributed by atoms with Gasteiger partial charge in [-0.25, -0.2) is 13.6 Å². The van der Waals surface area contributed by atoms with Crippen LogP contribution in [0.25, 0.3) is 0 Å². The Morgan fingerprint density at radius 2 is 2.18 bits per heavy atom. The molecular weight excluding hydrogens is 228 g/mol. The SMILES string of the molecule is CC1=CCCC=C1N1C(=C=O)OC[C@H]1C(F)F. The van der Waals surface area contributed by atoms with Crippen LogP contribution in [0.1, 0.15) is 19.8 Å². The second-order valence-electron chi connectivity index (χ2n) is 4.04. The first-order valence-electron chi connectivity index (χ1n) is 5.47. The zero-order valence-corrected chi connectivity index (χ0v) is 9.45. The molecule has 0 aromatic carbocycles. The van der Waals surface area contributed by atoms with Crippen molar-refractivity contribution in [3.63, 3.8) is 0 Å². The van der Waals surface area contributed by atoms with Gasteiger partial charge in [0.05, 0.1) is 0 Å². The lowest BCUT2D eigenvalue weighted by Gasteiger charge is -2.27. The van der Waals surface area contributed by atoms with Gasteiger partial charge in [-0.1, -0.05) is 12.2 Å². The molecule has 17 heavy (non-hydrogen) atoms. The fraction of sp³-hybridized carbons (Fsp3) is 0.500. The van der Waals surface area contributed by atoms with Gasteiger partial charge in [-0.15, -0.1) is 0 Å². The molecule has 0 bridgehead atoms. The van der Waals surface area contributed by atoms with Crippen LogP contribution >= 0.6 is 0 Å². The molecule has 0 spiro atoms. The molecule has 0 saturated carbocycles. The fourth-order valence-electron chi connectivity index (χ4n) is 2.08. The predicted octanol–water partition coefficient (Wildman–Crippen LogP) is 2.25. The number of nitrogens with zero attached hydrogens (tertiary/aromatic N) is 1. The summed E-state index contributed by atoms with van der Waals surface area (Å²) in [6.45, 7) is 1.67. The Labute approximate surface area is 98.0 Å². The molecule has 1 saturated heterocycles. The summed E-state index contributed by atoms with van der Waals surface area (Å²) in [6.07, 6.45) is 2.95. The van der Waals surface area contributed by atoms with Gasteiger partial charge >= 0.3 is 0 Å². The normalized spacial score (nSPS) is 24.4. The standard InChI is InChI=1S/C12H13F2NO2/c1-8-4-2-3-5-9(8)15-10(12(13)14)7-17-11(15)6-16/h4-5,10,12H,2-3,7H2,1H3/t10-/m0/s1. The minimum Gasteiger partial charge on any atom is -0.468 e. The van der Waals surface area contributed by atoms with Crippen molar-refractivity contribution in [3.05, 3.63) is 29.3 Å². The van der Waals surface area contributed by atoms with E-state index in [0.29, 0.717) is 5.70 Å². The molecule has 0 radical (unpaired) electrons. The Kier molecular flexibility index (Phi) is 3.29. The number of alkyl halides is 2. The van der Waals surface area contributed by atoms with Crippen molar-refractivity contribution in [1.29, 1.82) is 0 Å².